The zero-order valence-electron chi connectivity index (χ0n) is 5.93. The van der Waals surface area contributed by atoms with E-state index in [1.165, 1.54) is 25.7 Å². The van der Waals surface area contributed by atoms with Crippen molar-refractivity contribution in [2.75, 3.05) is 0 Å². The van der Waals surface area contributed by atoms with Crippen LogP contribution < -0.4 is 0 Å². The quantitative estimate of drug-likeness (QED) is 0.344. The van der Waals surface area contributed by atoms with Crippen molar-refractivity contribution in [1.29, 1.82) is 0 Å². The molecule has 0 saturated carbocycles. The van der Waals surface area contributed by atoms with Crippen LogP contribution in [0.2, 0.25) is 0 Å². The van der Waals surface area contributed by atoms with E-state index in [4.69, 9.17) is 6.42 Å². The Bertz CT molecular complexity index is 71.1. The van der Waals surface area contributed by atoms with Crippen molar-refractivity contribution in [1.82, 2.24) is 0 Å². The van der Waals surface area contributed by atoms with E-state index in [9.17, 15) is 0 Å². The van der Waals surface area contributed by atoms with E-state index in [-0.39, 0.29) is 16.5 Å². The molecular weight excluding hydrogens is 155 g/mol. The first kappa shape index (κ1) is 11.8. The topological polar surface area (TPSA) is 0 Å². The molecule has 1 heteroatoms. The third-order valence-corrected chi connectivity index (χ3v) is 1.17. The summed E-state index contributed by atoms with van der Waals surface area (Å²) in [5.41, 5.74) is 0. The Morgan fingerprint density at radius 2 is 1.89 bits per heavy atom. The van der Waals surface area contributed by atoms with Crippen molar-refractivity contribution in [2.24, 2.45) is 0 Å². The molecule has 0 aromatic rings. The first-order chi connectivity index (χ1) is 3.91. The molecule has 0 aliphatic rings. The van der Waals surface area contributed by atoms with Gasteiger partial charge in [0.05, 0.1) is 0 Å². The predicted molar refractivity (Wildman–Crippen MR) is 37.6 cm³/mol. The second-order valence-electron chi connectivity index (χ2n) is 2.01. The van der Waals surface area contributed by atoms with Crippen LogP contribution in [-0.4, -0.2) is 0 Å². The Balaban J connectivity index is 0. The summed E-state index contributed by atoms with van der Waals surface area (Å²) in [6, 6.07) is 0. The molecule has 0 bridgehead atoms. The van der Waals surface area contributed by atoms with Gasteiger partial charge in [-0.05, 0) is 6.42 Å². The largest absolute Gasteiger partial charge is 0.120 e. The van der Waals surface area contributed by atoms with Crippen LogP contribution in [0, 0.1) is 12.3 Å². The minimum absolute atomic E-state index is 0. The Labute approximate surface area is 68.3 Å². The SMILES string of the molecule is C#CCCCCCC.[Ni]. The summed E-state index contributed by atoms with van der Waals surface area (Å²) in [6.45, 7) is 2.20. The Morgan fingerprint density at radius 1 is 1.22 bits per heavy atom. The zero-order valence-corrected chi connectivity index (χ0v) is 6.92. The van der Waals surface area contributed by atoms with Gasteiger partial charge in [0.1, 0.15) is 0 Å². The predicted octanol–water partition coefficient (Wildman–Crippen LogP) is 2.59. The van der Waals surface area contributed by atoms with Crippen molar-refractivity contribution >= 4 is 0 Å². The van der Waals surface area contributed by atoms with Gasteiger partial charge in [0, 0.05) is 22.9 Å². The van der Waals surface area contributed by atoms with Gasteiger partial charge in [-0.1, -0.05) is 26.2 Å². The van der Waals surface area contributed by atoms with Crippen molar-refractivity contribution in [3.8, 4) is 12.3 Å². The fourth-order valence-electron chi connectivity index (χ4n) is 0.654. The minimum atomic E-state index is 0. The first-order valence-electron chi connectivity index (χ1n) is 3.35. The monoisotopic (exact) mass is 168 g/mol. The van der Waals surface area contributed by atoms with Gasteiger partial charge in [0.15, 0.2) is 0 Å². The van der Waals surface area contributed by atoms with Gasteiger partial charge in [-0.15, -0.1) is 12.3 Å². The Morgan fingerprint density at radius 3 is 2.33 bits per heavy atom. The summed E-state index contributed by atoms with van der Waals surface area (Å²) in [5.74, 6) is 2.63. The van der Waals surface area contributed by atoms with Gasteiger partial charge in [-0.2, -0.15) is 0 Å². The molecule has 0 atom stereocenters. The summed E-state index contributed by atoms with van der Waals surface area (Å²) in [5, 5.41) is 0. The molecule has 56 valence electrons. The van der Waals surface area contributed by atoms with E-state index in [2.05, 4.69) is 12.8 Å². The fourth-order valence-corrected chi connectivity index (χ4v) is 0.654. The number of terminal acetylenes is 1. The van der Waals surface area contributed by atoms with Crippen molar-refractivity contribution in [3.63, 3.8) is 0 Å². The average molecular weight is 169 g/mol. The van der Waals surface area contributed by atoms with Gasteiger partial charge >= 0.3 is 0 Å². The van der Waals surface area contributed by atoms with Crippen LogP contribution in [0.4, 0.5) is 0 Å². The van der Waals surface area contributed by atoms with Crippen LogP contribution in [-0.2, 0) is 16.5 Å². The molecular formula is C8H14Ni. The summed E-state index contributed by atoms with van der Waals surface area (Å²) in [6.07, 6.45) is 11.2. The third-order valence-electron chi connectivity index (χ3n) is 1.17. The summed E-state index contributed by atoms with van der Waals surface area (Å²) >= 11 is 0. The number of unbranched alkanes of at least 4 members (excludes halogenated alkanes) is 4. The molecule has 0 radical (unpaired) electrons. The second kappa shape index (κ2) is 10.9. The molecule has 0 aliphatic heterocycles. The van der Waals surface area contributed by atoms with E-state index in [0.29, 0.717) is 0 Å². The third kappa shape index (κ3) is 11.6. The molecule has 9 heavy (non-hydrogen) atoms. The molecule has 0 saturated heterocycles. The molecule has 0 amide bonds. The van der Waals surface area contributed by atoms with E-state index in [1.54, 1.807) is 0 Å². The molecule has 0 N–H and O–H groups in total. The van der Waals surface area contributed by atoms with Crippen LogP contribution in [0.1, 0.15) is 39.0 Å². The normalized spacial score (nSPS) is 7.56. The Hall–Kier alpha value is 0.0535. The Kier molecular flexibility index (Phi) is 14.3. The van der Waals surface area contributed by atoms with Gasteiger partial charge in [-0.3, -0.25) is 0 Å². The fraction of sp³-hybridized carbons (Fsp3) is 0.750. The zero-order chi connectivity index (χ0) is 6.24. The summed E-state index contributed by atoms with van der Waals surface area (Å²) in [4.78, 5) is 0. The molecule has 0 rings (SSSR count). The van der Waals surface area contributed by atoms with E-state index in [0.717, 1.165) is 6.42 Å². The van der Waals surface area contributed by atoms with Gasteiger partial charge in [0.25, 0.3) is 0 Å². The maximum absolute atomic E-state index is 5.06. The molecule has 0 aromatic heterocycles. The van der Waals surface area contributed by atoms with Crippen molar-refractivity contribution in [2.45, 2.75) is 39.0 Å². The summed E-state index contributed by atoms with van der Waals surface area (Å²) < 4.78 is 0. The van der Waals surface area contributed by atoms with E-state index in [1.807, 2.05) is 0 Å². The van der Waals surface area contributed by atoms with E-state index >= 15 is 0 Å². The molecule has 0 aromatic carbocycles. The number of rotatable bonds is 4. The maximum atomic E-state index is 5.06. The number of hydrogen-bond donors (Lipinski definition) is 0. The van der Waals surface area contributed by atoms with Crippen LogP contribution >= 0.6 is 0 Å². The molecule has 0 spiro atoms. The average Bonchev–Trinajstić information content (AvgIpc) is 1.81. The molecule has 0 fully saturated rings. The second-order valence-corrected chi connectivity index (χ2v) is 2.01. The molecule has 0 nitrogen and oxygen atoms in total. The van der Waals surface area contributed by atoms with Crippen molar-refractivity contribution in [3.05, 3.63) is 0 Å². The van der Waals surface area contributed by atoms with Crippen molar-refractivity contribution < 1.29 is 16.5 Å². The minimum Gasteiger partial charge on any atom is -0.120 e. The van der Waals surface area contributed by atoms with E-state index < -0.39 is 0 Å². The summed E-state index contributed by atoms with van der Waals surface area (Å²) in [7, 11) is 0. The standard InChI is InChI=1S/C8H14.Ni/c1-3-5-7-8-6-4-2;/h1H,4-8H2,2H3;. The maximum Gasteiger partial charge on any atom is 0.00860 e. The van der Waals surface area contributed by atoms with Gasteiger partial charge in [-0.25, -0.2) is 0 Å². The van der Waals surface area contributed by atoms with Crippen LogP contribution in [0.15, 0.2) is 0 Å². The molecule has 0 aliphatic carbocycles. The van der Waals surface area contributed by atoms with Crippen LogP contribution in [0.5, 0.6) is 0 Å². The molecule has 0 unspecified atom stereocenters. The first-order valence-corrected chi connectivity index (χ1v) is 3.35. The number of hydrogen-bond acceptors (Lipinski definition) is 0. The van der Waals surface area contributed by atoms with Gasteiger partial charge in [0.2, 0.25) is 0 Å². The van der Waals surface area contributed by atoms with Crippen LogP contribution in [0.3, 0.4) is 0 Å². The van der Waals surface area contributed by atoms with Gasteiger partial charge < -0.3 is 0 Å². The molecule has 0 heterocycles. The smallest absolute Gasteiger partial charge is 0.00860 e. The van der Waals surface area contributed by atoms with Crippen LogP contribution in [0.25, 0.3) is 0 Å².